The minimum Gasteiger partial charge on any atom is -0.325 e. The number of halogens is 2. The first-order valence-corrected chi connectivity index (χ1v) is 9.54. The molecule has 1 fully saturated rings. The average Bonchev–Trinajstić information content (AvgIpc) is 2.87. The van der Waals surface area contributed by atoms with Crippen LogP contribution in [-0.4, -0.2) is 28.7 Å². The molecule has 3 rings (SSSR count). The zero-order chi connectivity index (χ0) is 18.7. The minimum absolute atomic E-state index is 0.0551. The number of hydrogen-bond donors (Lipinski definition) is 1. The predicted molar refractivity (Wildman–Crippen MR) is 105 cm³/mol. The lowest BCUT2D eigenvalue weighted by Crippen LogP contribution is -2.31. The van der Waals surface area contributed by atoms with Gasteiger partial charge in [0, 0.05) is 22.2 Å². The Balaban J connectivity index is 1.60. The van der Waals surface area contributed by atoms with Gasteiger partial charge in [0.25, 0.3) is 0 Å². The van der Waals surface area contributed by atoms with Gasteiger partial charge < -0.3 is 5.32 Å². The maximum atomic E-state index is 12.5. The molecule has 0 radical (unpaired) electrons. The first kappa shape index (κ1) is 18.8. The van der Waals surface area contributed by atoms with E-state index in [4.69, 9.17) is 23.2 Å². The topological polar surface area (TPSA) is 66.5 Å². The van der Waals surface area contributed by atoms with Crippen LogP contribution >= 0.6 is 35.0 Å². The highest BCUT2D eigenvalue weighted by Crippen LogP contribution is 2.31. The Labute approximate surface area is 164 Å². The van der Waals surface area contributed by atoms with Gasteiger partial charge in [-0.2, -0.15) is 0 Å². The van der Waals surface area contributed by atoms with Crippen molar-refractivity contribution in [2.75, 3.05) is 16.0 Å². The van der Waals surface area contributed by atoms with Crippen molar-refractivity contribution in [3.8, 4) is 0 Å². The van der Waals surface area contributed by atoms with Gasteiger partial charge in [-0.25, -0.2) is 4.90 Å². The summed E-state index contributed by atoms with van der Waals surface area (Å²) in [5, 5.41) is 3.08. The Kier molecular flexibility index (Phi) is 5.86. The molecule has 0 unspecified atom stereocenters. The summed E-state index contributed by atoms with van der Waals surface area (Å²) in [5.41, 5.74) is 1.02. The van der Waals surface area contributed by atoms with Crippen LogP contribution in [0.3, 0.4) is 0 Å². The third kappa shape index (κ3) is 4.38. The number of carbonyl (C=O) groups excluding carboxylic acids is 3. The average molecular weight is 409 g/mol. The third-order valence-electron chi connectivity index (χ3n) is 3.70. The van der Waals surface area contributed by atoms with Gasteiger partial charge in [0.2, 0.25) is 17.7 Å². The standard InChI is InChI=1S/C18H14Cl2N2O3S/c19-11-3-1-5-13(7-11)21-16(23)10-26-15-9-17(24)22(18(15)25)14-6-2-4-12(20)8-14/h1-8,15H,9-10H2,(H,21,23)/t15-/m0/s1. The van der Waals surface area contributed by atoms with Gasteiger partial charge in [-0.15, -0.1) is 11.8 Å². The van der Waals surface area contributed by atoms with E-state index >= 15 is 0 Å². The molecule has 1 heterocycles. The first-order valence-electron chi connectivity index (χ1n) is 7.73. The maximum absolute atomic E-state index is 12.5. The fraction of sp³-hybridized carbons (Fsp3) is 0.167. The van der Waals surface area contributed by atoms with Crippen LogP contribution in [-0.2, 0) is 14.4 Å². The first-order chi connectivity index (χ1) is 12.4. The van der Waals surface area contributed by atoms with Crippen LogP contribution in [0.5, 0.6) is 0 Å². The second-order valence-electron chi connectivity index (χ2n) is 5.61. The summed E-state index contributed by atoms with van der Waals surface area (Å²) in [7, 11) is 0. The summed E-state index contributed by atoms with van der Waals surface area (Å²) in [6.45, 7) is 0. The number of rotatable bonds is 5. The van der Waals surface area contributed by atoms with E-state index in [1.54, 1.807) is 48.5 Å². The number of thioether (sulfide) groups is 1. The maximum Gasteiger partial charge on any atom is 0.247 e. The molecule has 1 aliphatic rings. The molecule has 2 aromatic carbocycles. The quantitative estimate of drug-likeness (QED) is 0.759. The number of anilines is 2. The molecule has 0 aliphatic carbocycles. The molecule has 0 bridgehead atoms. The van der Waals surface area contributed by atoms with Gasteiger partial charge in [0.1, 0.15) is 0 Å². The monoisotopic (exact) mass is 408 g/mol. The smallest absolute Gasteiger partial charge is 0.247 e. The molecule has 1 aliphatic heterocycles. The van der Waals surface area contributed by atoms with Crippen LogP contribution in [0.15, 0.2) is 48.5 Å². The highest BCUT2D eigenvalue weighted by Gasteiger charge is 2.40. The predicted octanol–water partition coefficient (Wildman–Crippen LogP) is 4.00. The highest BCUT2D eigenvalue weighted by atomic mass is 35.5. The number of imide groups is 1. The van der Waals surface area contributed by atoms with Crippen molar-refractivity contribution in [2.24, 2.45) is 0 Å². The van der Waals surface area contributed by atoms with E-state index in [0.29, 0.717) is 21.4 Å². The summed E-state index contributed by atoms with van der Waals surface area (Å²) in [6, 6.07) is 13.4. The van der Waals surface area contributed by atoms with Crippen LogP contribution < -0.4 is 10.2 Å². The number of amides is 3. The van der Waals surface area contributed by atoms with E-state index in [-0.39, 0.29) is 29.9 Å². The van der Waals surface area contributed by atoms with Crippen molar-refractivity contribution in [2.45, 2.75) is 11.7 Å². The Hall–Kier alpha value is -2.02. The summed E-state index contributed by atoms with van der Waals surface area (Å²) in [6.07, 6.45) is 0.0560. The molecule has 0 saturated carbocycles. The molecule has 2 aromatic rings. The van der Waals surface area contributed by atoms with Gasteiger partial charge in [0.05, 0.1) is 16.7 Å². The lowest BCUT2D eigenvalue weighted by molar-refractivity contribution is -0.121. The molecule has 26 heavy (non-hydrogen) atoms. The highest BCUT2D eigenvalue weighted by molar-refractivity contribution is 8.01. The van der Waals surface area contributed by atoms with E-state index in [0.717, 1.165) is 16.7 Å². The van der Waals surface area contributed by atoms with Crippen LogP contribution in [0.25, 0.3) is 0 Å². The molecule has 1 N–H and O–H groups in total. The minimum atomic E-state index is -0.591. The zero-order valence-corrected chi connectivity index (χ0v) is 15.8. The summed E-state index contributed by atoms with van der Waals surface area (Å²) in [4.78, 5) is 37.9. The van der Waals surface area contributed by atoms with Gasteiger partial charge in [-0.1, -0.05) is 35.3 Å². The molecule has 0 aromatic heterocycles. The van der Waals surface area contributed by atoms with Crippen LogP contribution in [0.2, 0.25) is 10.0 Å². The van der Waals surface area contributed by atoms with Crippen molar-refractivity contribution in [1.29, 1.82) is 0 Å². The fourth-order valence-electron chi connectivity index (χ4n) is 2.56. The SMILES string of the molecule is O=C(CS[C@H]1CC(=O)N(c2cccc(Cl)c2)C1=O)Nc1cccc(Cl)c1. The summed E-state index contributed by atoms with van der Waals surface area (Å²) >= 11 is 12.9. The fourth-order valence-corrected chi connectivity index (χ4v) is 3.87. The third-order valence-corrected chi connectivity index (χ3v) is 5.37. The van der Waals surface area contributed by atoms with Crippen molar-refractivity contribution in [3.63, 3.8) is 0 Å². The molecule has 5 nitrogen and oxygen atoms in total. The molecule has 1 saturated heterocycles. The van der Waals surface area contributed by atoms with Gasteiger partial charge >= 0.3 is 0 Å². The van der Waals surface area contributed by atoms with E-state index < -0.39 is 5.25 Å². The zero-order valence-electron chi connectivity index (χ0n) is 13.4. The molecule has 8 heteroatoms. The van der Waals surface area contributed by atoms with E-state index in [9.17, 15) is 14.4 Å². The Bertz CT molecular complexity index is 875. The second kappa shape index (κ2) is 8.12. The van der Waals surface area contributed by atoms with Crippen LogP contribution in [0.4, 0.5) is 11.4 Å². The molecule has 134 valence electrons. The van der Waals surface area contributed by atoms with E-state index in [1.807, 2.05) is 0 Å². The van der Waals surface area contributed by atoms with Gasteiger partial charge in [-0.3, -0.25) is 14.4 Å². The Morgan fingerprint density at radius 2 is 1.81 bits per heavy atom. The van der Waals surface area contributed by atoms with Crippen LogP contribution in [0.1, 0.15) is 6.42 Å². The number of nitrogens with one attached hydrogen (secondary N) is 1. The van der Waals surface area contributed by atoms with Gasteiger partial charge in [-0.05, 0) is 36.4 Å². The normalized spacial score (nSPS) is 16.8. The number of carbonyl (C=O) groups is 3. The number of nitrogens with zero attached hydrogens (tertiary/aromatic N) is 1. The molecular weight excluding hydrogens is 395 g/mol. The van der Waals surface area contributed by atoms with Crippen molar-refractivity contribution < 1.29 is 14.4 Å². The van der Waals surface area contributed by atoms with E-state index in [2.05, 4.69) is 5.32 Å². The van der Waals surface area contributed by atoms with Crippen LogP contribution in [0, 0.1) is 0 Å². The van der Waals surface area contributed by atoms with Crippen molar-refractivity contribution in [1.82, 2.24) is 0 Å². The largest absolute Gasteiger partial charge is 0.325 e. The lowest BCUT2D eigenvalue weighted by atomic mass is 10.3. The van der Waals surface area contributed by atoms with E-state index in [1.165, 1.54) is 0 Å². The second-order valence-corrected chi connectivity index (χ2v) is 7.67. The summed E-state index contributed by atoms with van der Waals surface area (Å²) in [5.74, 6) is -0.846. The summed E-state index contributed by atoms with van der Waals surface area (Å²) < 4.78 is 0. The molecule has 3 amide bonds. The van der Waals surface area contributed by atoms with Gasteiger partial charge in [0.15, 0.2) is 0 Å². The Morgan fingerprint density at radius 1 is 1.12 bits per heavy atom. The van der Waals surface area contributed by atoms with Crippen molar-refractivity contribution in [3.05, 3.63) is 58.6 Å². The molecular formula is C18H14Cl2N2O3S. The number of benzene rings is 2. The lowest BCUT2D eigenvalue weighted by Gasteiger charge is -2.15. The number of hydrogen-bond acceptors (Lipinski definition) is 4. The Morgan fingerprint density at radius 3 is 2.50 bits per heavy atom. The van der Waals surface area contributed by atoms with Crippen molar-refractivity contribution >= 4 is 64.1 Å². The molecule has 0 spiro atoms. The molecule has 1 atom stereocenters.